The molecule has 2 rings (SSSR count). The van der Waals surface area contributed by atoms with Gasteiger partial charge in [0.15, 0.2) is 6.29 Å². The smallest absolute Gasteiger partial charge is 0.347 e. The van der Waals surface area contributed by atoms with Crippen LogP contribution in [0.2, 0.25) is 0 Å². The van der Waals surface area contributed by atoms with E-state index in [0.29, 0.717) is 17.9 Å². The first kappa shape index (κ1) is 23.6. The molecule has 0 aliphatic heterocycles. The first-order chi connectivity index (χ1) is 14.5. The minimum atomic E-state index is -0.952. The third-order valence-corrected chi connectivity index (χ3v) is 4.68. The Kier molecular flexibility index (Phi) is 9.02. The molecule has 0 aromatic heterocycles. The van der Waals surface area contributed by atoms with E-state index in [2.05, 4.69) is 6.58 Å². The van der Waals surface area contributed by atoms with E-state index >= 15 is 4.39 Å². The monoisotopic (exact) mass is 416 g/mol. The number of unbranched alkanes of at least 4 members (excludes halogenated alkanes) is 1. The van der Waals surface area contributed by atoms with Crippen molar-refractivity contribution in [1.82, 2.24) is 0 Å². The number of ether oxygens (including phenoxy) is 4. The molecule has 0 spiro atoms. The van der Waals surface area contributed by atoms with Gasteiger partial charge in [-0.2, -0.15) is 0 Å². The summed E-state index contributed by atoms with van der Waals surface area (Å²) in [5.74, 6) is -0.643. The highest BCUT2D eigenvalue weighted by Gasteiger charge is 2.31. The summed E-state index contributed by atoms with van der Waals surface area (Å²) < 4.78 is 37.6. The van der Waals surface area contributed by atoms with E-state index in [9.17, 15) is 4.79 Å². The Morgan fingerprint density at radius 2 is 1.87 bits per heavy atom. The lowest BCUT2D eigenvalue weighted by molar-refractivity contribution is -0.108. The first-order valence-corrected chi connectivity index (χ1v) is 9.91. The van der Waals surface area contributed by atoms with Gasteiger partial charge in [0.2, 0.25) is 0 Å². The van der Waals surface area contributed by atoms with Crippen molar-refractivity contribution in [2.24, 2.45) is 0 Å². The minimum Gasteiger partial charge on any atom is -0.492 e. The Bertz CT molecular complexity index is 860. The Labute approximate surface area is 177 Å². The fourth-order valence-electron chi connectivity index (χ4n) is 3.18. The molecule has 0 bridgehead atoms. The lowest BCUT2D eigenvalue weighted by atomic mass is 9.93. The number of hydrogen-bond acceptors (Lipinski definition) is 5. The van der Waals surface area contributed by atoms with Crippen LogP contribution in [-0.4, -0.2) is 26.8 Å². The molecule has 2 aromatic carbocycles. The highest BCUT2D eigenvalue weighted by molar-refractivity contribution is 5.96. The number of carbonyl (C=O) groups is 1. The number of carbonyl (C=O) groups excluding carboxylic acids is 1. The standard InChI is InChI=1S/C24H29FO5/c1-6-8-15-29-22-18(12-7-2)20(24(27-4)28-5)21(25)16(3)19(22)23(26)30-17-13-10-9-11-14-17/h7,9-11,13-14,24H,2,6,8,12,15H2,1,3-5H3. The Morgan fingerprint density at radius 3 is 2.43 bits per heavy atom. The van der Waals surface area contributed by atoms with E-state index in [-0.39, 0.29) is 28.9 Å². The summed E-state index contributed by atoms with van der Waals surface area (Å²) in [4.78, 5) is 13.1. The molecule has 0 N–H and O–H groups in total. The van der Waals surface area contributed by atoms with Gasteiger partial charge in [-0.15, -0.1) is 6.58 Å². The molecule has 30 heavy (non-hydrogen) atoms. The van der Waals surface area contributed by atoms with E-state index in [4.69, 9.17) is 18.9 Å². The van der Waals surface area contributed by atoms with Gasteiger partial charge >= 0.3 is 5.97 Å². The zero-order valence-corrected chi connectivity index (χ0v) is 18.0. The van der Waals surface area contributed by atoms with Crippen LogP contribution in [0.4, 0.5) is 4.39 Å². The Balaban J connectivity index is 2.68. The van der Waals surface area contributed by atoms with Crippen molar-refractivity contribution in [1.29, 1.82) is 0 Å². The lowest BCUT2D eigenvalue weighted by Crippen LogP contribution is -2.20. The zero-order valence-electron chi connectivity index (χ0n) is 18.0. The van der Waals surface area contributed by atoms with E-state index in [1.165, 1.54) is 21.1 Å². The molecule has 6 heteroatoms. The largest absolute Gasteiger partial charge is 0.492 e. The number of hydrogen-bond donors (Lipinski definition) is 0. The number of allylic oxidation sites excluding steroid dienone is 1. The normalized spacial score (nSPS) is 10.9. The van der Waals surface area contributed by atoms with Gasteiger partial charge in [0.1, 0.15) is 22.9 Å². The molecule has 0 aliphatic carbocycles. The highest BCUT2D eigenvalue weighted by Crippen LogP contribution is 2.39. The maximum atomic E-state index is 15.5. The predicted octanol–water partition coefficient (Wildman–Crippen LogP) is 5.55. The summed E-state index contributed by atoms with van der Waals surface area (Å²) >= 11 is 0. The van der Waals surface area contributed by atoms with Crippen molar-refractivity contribution in [3.05, 3.63) is 71.1 Å². The maximum Gasteiger partial charge on any atom is 0.347 e. The lowest BCUT2D eigenvalue weighted by Gasteiger charge is -2.24. The molecule has 0 amide bonds. The second-order valence-electron chi connectivity index (χ2n) is 6.74. The van der Waals surface area contributed by atoms with Gasteiger partial charge in [0.25, 0.3) is 0 Å². The quantitative estimate of drug-likeness (QED) is 0.158. The average Bonchev–Trinajstić information content (AvgIpc) is 2.75. The SMILES string of the molecule is C=CCc1c(OCCCC)c(C(=O)Oc2ccccc2)c(C)c(F)c1C(OC)OC. The van der Waals surface area contributed by atoms with Gasteiger partial charge in [-0.3, -0.25) is 0 Å². The predicted molar refractivity (Wildman–Crippen MR) is 114 cm³/mol. The van der Waals surface area contributed by atoms with Crippen LogP contribution in [0.1, 0.15) is 53.1 Å². The number of benzene rings is 2. The summed E-state index contributed by atoms with van der Waals surface area (Å²) in [6.07, 6.45) is 2.63. The van der Waals surface area contributed by atoms with Crippen LogP contribution < -0.4 is 9.47 Å². The van der Waals surface area contributed by atoms with Crippen molar-refractivity contribution in [2.45, 2.75) is 39.4 Å². The average molecular weight is 416 g/mol. The van der Waals surface area contributed by atoms with E-state index in [0.717, 1.165) is 12.8 Å². The van der Waals surface area contributed by atoms with Crippen LogP contribution in [-0.2, 0) is 15.9 Å². The molecule has 2 aromatic rings. The van der Waals surface area contributed by atoms with Crippen molar-refractivity contribution >= 4 is 5.97 Å². The number of esters is 1. The molecule has 0 atom stereocenters. The van der Waals surface area contributed by atoms with Crippen LogP contribution in [0.3, 0.4) is 0 Å². The Hall–Kier alpha value is -2.70. The van der Waals surface area contributed by atoms with Gasteiger partial charge in [-0.05, 0) is 31.9 Å². The van der Waals surface area contributed by atoms with Crippen LogP contribution in [0, 0.1) is 12.7 Å². The third-order valence-electron chi connectivity index (χ3n) is 4.68. The second kappa shape index (κ2) is 11.5. The second-order valence-corrected chi connectivity index (χ2v) is 6.74. The van der Waals surface area contributed by atoms with Crippen LogP contribution in [0.15, 0.2) is 43.0 Å². The van der Waals surface area contributed by atoms with Crippen LogP contribution >= 0.6 is 0 Å². The van der Waals surface area contributed by atoms with E-state index < -0.39 is 18.1 Å². The van der Waals surface area contributed by atoms with Gasteiger partial charge in [-0.1, -0.05) is 37.6 Å². The van der Waals surface area contributed by atoms with Crippen molar-refractivity contribution < 1.29 is 28.1 Å². The fraction of sp³-hybridized carbons (Fsp3) is 0.375. The minimum absolute atomic E-state index is 0.0546. The topological polar surface area (TPSA) is 54.0 Å². The van der Waals surface area contributed by atoms with Gasteiger partial charge in [-0.25, -0.2) is 9.18 Å². The van der Waals surface area contributed by atoms with Gasteiger partial charge in [0, 0.05) is 25.3 Å². The van der Waals surface area contributed by atoms with Gasteiger partial charge in [0.05, 0.1) is 12.2 Å². The van der Waals surface area contributed by atoms with E-state index in [1.807, 2.05) is 13.0 Å². The maximum absolute atomic E-state index is 15.5. The molecule has 0 unspecified atom stereocenters. The Morgan fingerprint density at radius 1 is 1.20 bits per heavy atom. The summed E-state index contributed by atoms with van der Waals surface area (Å²) in [5.41, 5.74) is 0.821. The molecule has 5 nitrogen and oxygen atoms in total. The first-order valence-electron chi connectivity index (χ1n) is 9.91. The summed E-state index contributed by atoms with van der Waals surface area (Å²) in [7, 11) is 2.85. The van der Waals surface area contributed by atoms with Crippen molar-refractivity contribution in [3.63, 3.8) is 0 Å². The molecule has 0 aliphatic rings. The molecular weight excluding hydrogens is 387 g/mol. The molecular formula is C24H29FO5. The number of para-hydroxylation sites is 1. The molecule has 0 radical (unpaired) electrons. The van der Waals surface area contributed by atoms with Crippen LogP contribution in [0.25, 0.3) is 0 Å². The number of halogens is 1. The van der Waals surface area contributed by atoms with Crippen LogP contribution in [0.5, 0.6) is 11.5 Å². The van der Waals surface area contributed by atoms with E-state index in [1.54, 1.807) is 30.3 Å². The number of methoxy groups -OCH3 is 2. The third kappa shape index (κ3) is 5.26. The molecule has 0 saturated carbocycles. The van der Waals surface area contributed by atoms with Gasteiger partial charge < -0.3 is 18.9 Å². The summed E-state index contributed by atoms with van der Waals surface area (Å²) in [6, 6.07) is 8.64. The number of rotatable bonds is 11. The summed E-state index contributed by atoms with van der Waals surface area (Å²) in [6.45, 7) is 7.70. The van der Waals surface area contributed by atoms with Crippen molar-refractivity contribution in [2.75, 3.05) is 20.8 Å². The zero-order chi connectivity index (χ0) is 22.1. The molecule has 0 fully saturated rings. The fourth-order valence-corrected chi connectivity index (χ4v) is 3.18. The van der Waals surface area contributed by atoms with Crippen molar-refractivity contribution in [3.8, 4) is 11.5 Å². The summed E-state index contributed by atoms with van der Waals surface area (Å²) in [5, 5.41) is 0. The highest BCUT2D eigenvalue weighted by atomic mass is 19.1. The molecule has 162 valence electrons. The molecule has 0 heterocycles. The molecule has 0 saturated heterocycles.